The molecule has 3 nitrogen and oxygen atoms in total. The van der Waals surface area contributed by atoms with E-state index in [1.165, 1.54) is 0 Å². The monoisotopic (exact) mass is 309 g/mol. The Labute approximate surface area is 114 Å². The van der Waals surface area contributed by atoms with Crippen molar-refractivity contribution in [2.45, 2.75) is 13.8 Å². The van der Waals surface area contributed by atoms with Crippen molar-refractivity contribution in [1.82, 2.24) is 9.78 Å². The molecule has 2 N–H and O–H groups in total. The van der Waals surface area contributed by atoms with Crippen LogP contribution in [0.2, 0.25) is 0 Å². The van der Waals surface area contributed by atoms with Crippen molar-refractivity contribution < 1.29 is 0 Å². The van der Waals surface area contributed by atoms with Crippen molar-refractivity contribution in [2.75, 3.05) is 0 Å². The van der Waals surface area contributed by atoms with E-state index in [4.69, 9.17) is 18.0 Å². The van der Waals surface area contributed by atoms with E-state index in [9.17, 15) is 0 Å². The molecule has 1 aromatic carbocycles. The molecule has 2 aromatic rings. The second-order valence-corrected chi connectivity index (χ2v) is 5.01. The number of thiocarbonyl (C=S) groups is 1. The van der Waals surface area contributed by atoms with Gasteiger partial charge in [0.25, 0.3) is 0 Å². The van der Waals surface area contributed by atoms with E-state index in [1.807, 2.05) is 42.8 Å². The van der Waals surface area contributed by atoms with E-state index < -0.39 is 0 Å². The number of para-hydroxylation sites is 1. The maximum absolute atomic E-state index is 5.73. The van der Waals surface area contributed by atoms with Gasteiger partial charge in [0.2, 0.25) is 0 Å². The quantitative estimate of drug-likeness (QED) is 0.868. The lowest BCUT2D eigenvalue weighted by Crippen LogP contribution is -2.14. The van der Waals surface area contributed by atoms with Crippen LogP contribution in [0.25, 0.3) is 5.69 Å². The molecule has 0 aliphatic heterocycles. The Bertz CT molecular complexity index is 589. The molecule has 0 atom stereocenters. The first kappa shape index (κ1) is 12.3. The number of rotatable bonds is 2. The van der Waals surface area contributed by atoms with Gasteiger partial charge in [-0.05, 0) is 41.9 Å². The zero-order valence-corrected chi connectivity index (χ0v) is 12.0. The second-order valence-electron chi connectivity index (χ2n) is 3.78. The summed E-state index contributed by atoms with van der Waals surface area (Å²) < 4.78 is 2.86. The Hall–Kier alpha value is -1.20. The van der Waals surface area contributed by atoms with Gasteiger partial charge in [0.05, 0.1) is 21.5 Å². The number of benzene rings is 1. The molecule has 88 valence electrons. The summed E-state index contributed by atoms with van der Waals surface area (Å²) in [6, 6.07) is 7.72. The van der Waals surface area contributed by atoms with Crippen LogP contribution in [0.3, 0.4) is 0 Å². The fourth-order valence-corrected chi connectivity index (χ4v) is 2.14. The molecule has 0 radical (unpaired) electrons. The van der Waals surface area contributed by atoms with Crippen LogP contribution in [0.15, 0.2) is 28.7 Å². The summed E-state index contributed by atoms with van der Waals surface area (Å²) in [4.78, 5) is 0.379. The van der Waals surface area contributed by atoms with Crippen LogP contribution in [0.5, 0.6) is 0 Å². The zero-order valence-electron chi connectivity index (χ0n) is 9.57. The standard InChI is InChI=1S/C12H12BrN3S/c1-7-11(13)8(2)16(15-7)10-6-4-3-5-9(10)12(14)17/h3-6H,1-2H3,(H2,14,17). The van der Waals surface area contributed by atoms with Crippen LogP contribution in [0.1, 0.15) is 17.0 Å². The molecule has 0 saturated heterocycles. The zero-order chi connectivity index (χ0) is 12.6. The highest BCUT2D eigenvalue weighted by atomic mass is 79.9. The molecule has 0 aliphatic rings. The molecule has 2 rings (SSSR count). The van der Waals surface area contributed by atoms with E-state index in [-0.39, 0.29) is 0 Å². The van der Waals surface area contributed by atoms with Crippen molar-refractivity contribution in [1.29, 1.82) is 0 Å². The van der Waals surface area contributed by atoms with Crippen molar-refractivity contribution in [3.63, 3.8) is 0 Å². The summed E-state index contributed by atoms with van der Waals surface area (Å²) in [7, 11) is 0. The third kappa shape index (κ3) is 2.12. The van der Waals surface area contributed by atoms with Crippen molar-refractivity contribution >= 4 is 33.1 Å². The molecule has 0 bridgehead atoms. The summed E-state index contributed by atoms with van der Waals surface area (Å²) in [6.45, 7) is 3.96. The van der Waals surface area contributed by atoms with Gasteiger partial charge in [0, 0.05) is 5.56 Å². The fraction of sp³-hybridized carbons (Fsp3) is 0.167. The second kappa shape index (κ2) is 4.58. The first-order valence-corrected chi connectivity index (χ1v) is 6.33. The van der Waals surface area contributed by atoms with Gasteiger partial charge in [-0.2, -0.15) is 5.10 Å². The molecule has 0 unspecified atom stereocenters. The first-order chi connectivity index (χ1) is 8.02. The molecule has 0 amide bonds. The Kier molecular flexibility index (Phi) is 3.31. The third-order valence-corrected chi connectivity index (χ3v) is 3.97. The lowest BCUT2D eigenvalue weighted by molar-refractivity contribution is 0.832. The van der Waals surface area contributed by atoms with Gasteiger partial charge >= 0.3 is 0 Å². The average molecular weight is 310 g/mol. The third-order valence-electron chi connectivity index (χ3n) is 2.60. The van der Waals surface area contributed by atoms with Gasteiger partial charge in [-0.3, -0.25) is 0 Å². The van der Waals surface area contributed by atoms with Crippen LogP contribution in [-0.2, 0) is 0 Å². The van der Waals surface area contributed by atoms with Gasteiger partial charge in [-0.25, -0.2) is 4.68 Å². The maximum Gasteiger partial charge on any atom is 0.106 e. The predicted molar refractivity (Wildman–Crippen MR) is 76.6 cm³/mol. The molecule has 5 heteroatoms. The van der Waals surface area contributed by atoms with E-state index >= 15 is 0 Å². The van der Waals surface area contributed by atoms with E-state index in [1.54, 1.807) is 0 Å². The SMILES string of the molecule is Cc1nn(-c2ccccc2C(N)=S)c(C)c1Br. The number of hydrogen-bond donors (Lipinski definition) is 1. The first-order valence-electron chi connectivity index (χ1n) is 5.13. The molecule has 0 aliphatic carbocycles. The fourth-order valence-electron chi connectivity index (χ4n) is 1.72. The summed E-state index contributed by atoms with van der Waals surface area (Å²) >= 11 is 8.57. The minimum Gasteiger partial charge on any atom is -0.389 e. The smallest absolute Gasteiger partial charge is 0.106 e. The van der Waals surface area contributed by atoms with Crippen molar-refractivity contribution in [2.24, 2.45) is 5.73 Å². The highest BCUT2D eigenvalue weighted by molar-refractivity contribution is 9.10. The number of hydrogen-bond acceptors (Lipinski definition) is 2. The molecule has 1 aromatic heterocycles. The summed E-state index contributed by atoms with van der Waals surface area (Å²) in [5, 5.41) is 4.48. The van der Waals surface area contributed by atoms with E-state index in [2.05, 4.69) is 21.0 Å². The molecule has 1 heterocycles. The maximum atomic E-state index is 5.73. The Morgan fingerprint density at radius 3 is 2.53 bits per heavy atom. The van der Waals surface area contributed by atoms with Crippen molar-refractivity contribution in [3.05, 3.63) is 45.7 Å². The number of aryl methyl sites for hydroxylation is 1. The largest absolute Gasteiger partial charge is 0.389 e. The number of nitrogens with zero attached hydrogens (tertiary/aromatic N) is 2. The Morgan fingerprint density at radius 1 is 1.35 bits per heavy atom. The lowest BCUT2D eigenvalue weighted by atomic mass is 10.2. The van der Waals surface area contributed by atoms with E-state index in [0.29, 0.717) is 4.99 Å². The van der Waals surface area contributed by atoms with Gasteiger partial charge in [0.15, 0.2) is 0 Å². The molecule has 0 fully saturated rings. The van der Waals surface area contributed by atoms with Gasteiger partial charge < -0.3 is 5.73 Å². The van der Waals surface area contributed by atoms with Crippen LogP contribution in [0.4, 0.5) is 0 Å². The van der Waals surface area contributed by atoms with Crippen LogP contribution >= 0.6 is 28.1 Å². The lowest BCUT2D eigenvalue weighted by Gasteiger charge is -2.09. The average Bonchev–Trinajstić information content (AvgIpc) is 2.57. The highest BCUT2D eigenvalue weighted by Crippen LogP contribution is 2.24. The number of halogens is 1. The summed E-state index contributed by atoms with van der Waals surface area (Å²) in [5.41, 5.74) is 9.45. The highest BCUT2D eigenvalue weighted by Gasteiger charge is 2.13. The minimum atomic E-state index is 0.379. The Morgan fingerprint density at radius 2 is 2.00 bits per heavy atom. The minimum absolute atomic E-state index is 0.379. The molecule has 17 heavy (non-hydrogen) atoms. The molecule has 0 spiro atoms. The number of nitrogens with two attached hydrogens (primary N) is 1. The predicted octanol–water partition coefficient (Wildman–Crippen LogP) is 2.89. The van der Waals surface area contributed by atoms with Gasteiger partial charge in [-0.1, -0.05) is 24.4 Å². The van der Waals surface area contributed by atoms with Gasteiger partial charge in [-0.15, -0.1) is 0 Å². The number of aromatic nitrogens is 2. The van der Waals surface area contributed by atoms with Crippen molar-refractivity contribution in [3.8, 4) is 5.69 Å². The normalized spacial score (nSPS) is 10.5. The molecule has 0 saturated carbocycles. The van der Waals surface area contributed by atoms with E-state index in [0.717, 1.165) is 27.1 Å². The summed E-state index contributed by atoms with van der Waals surface area (Å²) in [6.07, 6.45) is 0. The summed E-state index contributed by atoms with van der Waals surface area (Å²) in [5.74, 6) is 0. The van der Waals surface area contributed by atoms with Crippen LogP contribution < -0.4 is 5.73 Å². The van der Waals surface area contributed by atoms with Crippen LogP contribution in [-0.4, -0.2) is 14.8 Å². The van der Waals surface area contributed by atoms with Crippen LogP contribution in [0, 0.1) is 13.8 Å². The molecular formula is C12H12BrN3S. The Balaban J connectivity index is 2.68. The topological polar surface area (TPSA) is 43.8 Å². The van der Waals surface area contributed by atoms with Gasteiger partial charge in [0.1, 0.15) is 4.99 Å². The molecular weight excluding hydrogens is 298 g/mol.